The highest BCUT2D eigenvalue weighted by Crippen LogP contribution is 2.29. The lowest BCUT2D eigenvalue weighted by atomic mass is 10.0. The minimum Gasteiger partial charge on any atom is -0.321 e. The van der Waals surface area contributed by atoms with Gasteiger partial charge in [-0.05, 0) is 68.5 Å². The molecular formula is C24H29FN4O3S. The number of rotatable bonds is 9. The van der Waals surface area contributed by atoms with Crippen LogP contribution in [0.1, 0.15) is 73.6 Å². The van der Waals surface area contributed by atoms with E-state index in [-0.39, 0.29) is 22.7 Å². The summed E-state index contributed by atoms with van der Waals surface area (Å²) in [5.74, 6) is -2.14. The van der Waals surface area contributed by atoms with Gasteiger partial charge in [0.15, 0.2) is 9.84 Å². The van der Waals surface area contributed by atoms with E-state index in [0.29, 0.717) is 29.7 Å². The molecule has 1 unspecified atom stereocenters. The first kappa shape index (κ1) is 26.1. The molecule has 0 bridgehead atoms. The average molecular weight is 473 g/mol. The Balaban J connectivity index is 2.27. The van der Waals surface area contributed by atoms with Crippen molar-refractivity contribution in [3.8, 4) is 6.07 Å². The van der Waals surface area contributed by atoms with Crippen molar-refractivity contribution in [1.82, 2.24) is 4.98 Å². The Bertz CT molecular complexity index is 1220. The molecular weight excluding hydrogens is 443 g/mol. The summed E-state index contributed by atoms with van der Waals surface area (Å²) in [5.41, 5.74) is 1.56. The van der Waals surface area contributed by atoms with Crippen LogP contribution >= 0.6 is 0 Å². The molecule has 1 atom stereocenters. The monoisotopic (exact) mass is 472 g/mol. The largest absolute Gasteiger partial charge is 0.321 e. The van der Waals surface area contributed by atoms with Gasteiger partial charge in [0.1, 0.15) is 22.3 Å². The van der Waals surface area contributed by atoms with E-state index in [4.69, 9.17) is 10.7 Å². The van der Waals surface area contributed by atoms with E-state index in [0.717, 1.165) is 0 Å². The number of benzene rings is 1. The molecule has 7 nitrogen and oxygen atoms in total. The third-order valence-electron chi connectivity index (χ3n) is 5.68. The number of carbonyl (C=O) groups excluding carboxylic acids is 1. The summed E-state index contributed by atoms with van der Waals surface area (Å²) in [6.07, 6.45) is 2.33. The van der Waals surface area contributed by atoms with Crippen LogP contribution in [0.4, 0.5) is 10.1 Å². The highest BCUT2D eigenvalue weighted by atomic mass is 32.2. The number of carbonyl (C=O) groups is 1. The number of amides is 1. The molecule has 2 N–H and O–H groups in total. The smallest absolute Gasteiger partial charge is 0.274 e. The van der Waals surface area contributed by atoms with Gasteiger partial charge < -0.3 is 10.7 Å². The summed E-state index contributed by atoms with van der Waals surface area (Å²) in [7, 11) is -3.75. The molecule has 1 amide bonds. The maximum Gasteiger partial charge on any atom is 0.274 e. The first-order chi connectivity index (χ1) is 15.3. The van der Waals surface area contributed by atoms with Crippen LogP contribution in [0.15, 0.2) is 30.5 Å². The lowest BCUT2D eigenvalue weighted by Crippen LogP contribution is -2.42. The van der Waals surface area contributed by atoms with Crippen molar-refractivity contribution in [2.75, 3.05) is 11.1 Å². The van der Waals surface area contributed by atoms with E-state index in [9.17, 15) is 17.6 Å². The van der Waals surface area contributed by atoms with Crippen molar-refractivity contribution < 1.29 is 17.6 Å². The van der Waals surface area contributed by atoms with Crippen molar-refractivity contribution in [3.63, 3.8) is 0 Å². The standard InChI is InChI=1S/C24H29FN4O3S/c1-6-7-21(27)24(4,5)33(31,32)14-16(3)19-11-18(8-9-20(19)25)29-23(30)22-15(2)10-17(12-26)13-28-22/h8-11,13,16,27H,6-7,14H2,1-5H3,(H,29,30). The van der Waals surface area contributed by atoms with Gasteiger partial charge in [-0.25, -0.2) is 17.8 Å². The third-order valence-corrected chi connectivity index (χ3v) is 8.42. The highest BCUT2D eigenvalue weighted by Gasteiger charge is 2.39. The normalized spacial score (nSPS) is 12.6. The molecule has 0 aliphatic rings. The number of halogens is 1. The minimum absolute atomic E-state index is 0.129. The summed E-state index contributed by atoms with van der Waals surface area (Å²) >= 11 is 0. The topological polar surface area (TPSA) is 124 Å². The van der Waals surface area contributed by atoms with Crippen molar-refractivity contribution in [2.45, 2.75) is 58.1 Å². The third kappa shape index (κ3) is 5.82. The van der Waals surface area contributed by atoms with E-state index in [1.54, 1.807) is 19.9 Å². The number of nitrogens with one attached hydrogen (secondary N) is 2. The predicted molar refractivity (Wildman–Crippen MR) is 127 cm³/mol. The summed E-state index contributed by atoms with van der Waals surface area (Å²) in [6, 6.07) is 7.48. The number of anilines is 1. The SMILES string of the molecule is CCCC(=N)C(C)(C)S(=O)(=O)CC(C)c1cc(NC(=O)c2ncc(C#N)cc2C)ccc1F. The van der Waals surface area contributed by atoms with Crippen LogP contribution in [0.3, 0.4) is 0 Å². The van der Waals surface area contributed by atoms with Crippen molar-refractivity contribution in [2.24, 2.45) is 0 Å². The van der Waals surface area contributed by atoms with Crippen molar-refractivity contribution in [3.05, 3.63) is 58.7 Å². The molecule has 0 saturated heterocycles. The number of hydrogen-bond donors (Lipinski definition) is 2. The average Bonchev–Trinajstić information content (AvgIpc) is 2.74. The van der Waals surface area contributed by atoms with Crippen molar-refractivity contribution >= 4 is 27.1 Å². The molecule has 1 heterocycles. The Morgan fingerprint density at radius 3 is 2.58 bits per heavy atom. The second kappa shape index (κ2) is 10.2. The van der Waals surface area contributed by atoms with Gasteiger partial charge in [0, 0.05) is 17.6 Å². The van der Waals surface area contributed by atoms with Gasteiger partial charge in [-0.3, -0.25) is 4.79 Å². The summed E-state index contributed by atoms with van der Waals surface area (Å²) in [6.45, 7) is 8.15. The molecule has 0 spiro atoms. The fourth-order valence-electron chi connectivity index (χ4n) is 3.43. The molecule has 0 aliphatic heterocycles. The molecule has 176 valence electrons. The Labute approximate surface area is 194 Å². The number of pyridine rings is 1. The molecule has 1 aromatic heterocycles. The molecule has 9 heteroatoms. The number of nitrogens with zero attached hydrogens (tertiary/aromatic N) is 2. The van der Waals surface area contributed by atoms with Gasteiger partial charge >= 0.3 is 0 Å². The molecule has 0 radical (unpaired) electrons. The van der Waals surface area contributed by atoms with Crippen LogP contribution in [0.25, 0.3) is 0 Å². The van der Waals surface area contributed by atoms with Crippen LogP contribution in [-0.2, 0) is 9.84 Å². The Hall–Kier alpha value is -3.12. The molecule has 0 aliphatic carbocycles. The van der Waals surface area contributed by atoms with Crippen LogP contribution in [0.5, 0.6) is 0 Å². The van der Waals surface area contributed by atoms with Crippen LogP contribution in [0, 0.1) is 29.5 Å². The fourth-order valence-corrected chi connectivity index (χ4v) is 5.16. The molecule has 0 fully saturated rings. The Morgan fingerprint density at radius 1 is 1.33 bits per heavy atom. The minimum atomic E-state index is -3.75. The van der Waals surface area contributed by atoms with Crippen LogP contribution in [0.2, 0.25) is 0 Å². The maximum absolute atomic E-state index is 14.6. The van der Waals surface area contributed by atoms with Crippen LogP contribution < -0.4 is 5.32 Å². The molecule has 2 aromatic rings. The molecule has 0 saturated carbocycles. The van der Waals surface area contributed by atoms with Gasteiger partial charge in [-0.2, -0.15) is 5.26 Å². The second-order valence-electron chi connectivity index (χ2n) is 8.61. The van der Waals surface area contributed by atoms with E-state index in [2.05, 4.69) is 10.3 Å². The number of nitriles is 1. The number of aryl methyl sites for hydroxylation is 1. The first-order valence-electron chi connectivity index (χ1n) is 10.6. The van der Waals surface area contributed by atoms with Crippen molar-refractivity contribution in [1.29, 1.82) is 10.7 Å². The predicted octanol–water partition coefficient (Wildman–Crippen LogP) is 4.77. The fraction of sp³-hybridized carbons (Fsp3) is 0.417. The number of hydrogen-bond acceptors (Lipinski definition) is 6. The maximum atomic E-state index is 14.6. The Morgan fingerprint density at radius 2 is 2.00 bits per heavy atom. The first-order valence-corrected chi connectivity index (χ1v) is 12.3. The van der Waals surface area contributed by atoms with Gasteiger partial charge in [-0.15, -0.1) is 0 Å². The lowest BCUT2D eigenvalue weighted by Gasteiger charge is -2.27. The number of sulfone groups is 1. The van der Waals surface area contributed by atoms with Gasteiger partial charge in [0.05, 0.1) is 11.3 Å². The summed E-state index contributed by atoms with van der Waals surface area (Å²) < 4.78 is 39.3. The lowest BCUT2D eigenvalue weighted by molar-refractivity contribution is 0.102. The molecule has 2 rings (SSSR count). The van der Waals surface area contributed by atoms with E-state index >= 15 is 0 Å². The zero-order valence-corrected chi connectivity index (χ0v) is 20.3. The summed E-state index contributed by atoms with van der Waals surface area (Å²) in [5, 5.41) is 19.7. The van der Waals surface area contributed by atoms with Gasteiger partial charge in [-0.1, -0.05) is 20.3 Å². The number of aromatic nitrogens is 1. The quantitative estimate of drug-likeness (QED) is 0.509. The highest BCUT2D eigenvalue weighted by molar-refractivity contribution is 7.93. The van der Waals surface area contributed by atoms with E-state index < -0.39 is 32.2 Å². The summed E-state index contributed by atoms with van der Waals surface area (Å²) in [4.78, 5) is 16.6. The van der Waals surface area contributed by atoms with Gasteiger partial charge in [0.25, 0.3) is 5.91 Å². The second-order valence-corrected chi connectivity index (χ2v) is 11.2. The molecule has 1 aromatic carbocycles. The zero-order chi connectivity index (χ0) is 25.0. The Kier molecular flexibility index (Phi) is 8.09. The van der Waals surface area contributed by atoms with E-state index in [1.165, 1.54) is 38.2 Å². The van der Waals surface area contributed by atoms with E-state index in [1.807, 2.05) is 13.0 Å². The zero-order valence-electron chi connectivity index (χ0n) is 19.5. The van der Waals surface area contributed by atoms with Crippen LogP contribution in [-0.4, -0.2) is 35.5 Å². The van der Waals surface area contributed by atoms with Gasteiger partial charge in [0.2, 0.25) is 0 Å². The molecule has 33 heavy (non-hydrogen) atoms.